The van der Waals surface area contributed by atoms with Gasteiger partial charge in [0, 0.05) is 9.85 Å². The molecule has 0 N–H and O–H groups in total. The molecular weight excluding hydrogens is 348 g/mol. The van der Waals surface area contributed by atoms with Crippen LogP contribution in [0.15, 0.2) is 24.3 Å². The molecule has 10 heteroatoms. The molecule has 0 aliphatic carbocycles. The van der Waals surface area contributed by atoms with Crippen molar-refractivity contribution in [3.63, 3.8) is 0 Å². The monoisotopic (exact) mass is 368 g/mol. The third-order valence-corrected chi connectivity index (χ3v) is 3.51. The van der Waals surface area contributed by atoms with Crippen molar-refractivity contribution in [1.29, 1.82) is 0 Å². The Bertz CT molecular complexity index is 602. The second-order valence-electron chi connectivity index (χ2n) is 5.33. The first kappa shape index (κ1) is 21.0. The molecule has 1 aromatic rings. The lowest BCUT2D eigenvalue weighted by Gasteiger charge is -2.10. The van der Waals surface area contributed by atoms with Crippen LogP contribution in [-0.2, 0) is 31.9 Å². The average Bonchev–Trinajstić information content (AvgIpc) is 2.58. The minimum absolute atomic E-state index is 0.0399. The Hall–Kier alpha value is -3.04. The molecule has 0 amide bonds. The largest absolute Gasteiger partial charge is 0.461 e. The highest BCUT2D eigenvalue weighted by Crippen LogP contribution is 2.13. The predicted molar refractivity (Wildman–Crippen MR) is 88.7 cm³/mol. The molecule has 2 unspecified atom stereocenters. The van der Waals surface area contributed by atoms with Crippen molar-refractivity contribution in [2.24, 2.45) is 0 Å². The Kier molecular flexibility index (Phi) is 8.13. The number of carbonyl (C=O) groups excluding carboxylic acids is 2. The van der Waals surface area contributed by atoms with E-state index in [2.05, 4.69) is 9.47 Å². The van der Waals surface area contributed by atoms with Crippen LogP contribution in [0.3, 0.4) is 0 Å². The fraction of sp³-hybridized carbons (Fsp3) is 0.500. The first-order valence-electron chi connectivity index (χ1n) is 7.98. The molecular formula is C16H20N2O8. The third-order valence-electron chi connectivity index (χ3n) is 3.51. The Morgan fingerprint density at radius 3 is 1.38 bits per heavy atom. The third kappa shape index (κ3) is 6.11. The molecule has 0 saturated carbocycles. The van der Waals surface area contributed by atoms with Gasteiger partial charge in [-0.2, -0.15) is 0 Å². The summed E-state index contributed by atoms with van der Waals surface area (Å²) in [6, 6.07) is 3.04. The van der Waals surface area contributed by atoms with Crippen LogP contribution in [0.5, 0.6) is 0 Å². The zero-order valence-corrected chi connectivity index (χ0v) is 14.5. The van der Waals surface area contributed by atoms with Gasteiger partial charge in [0.25, 0.3) is 0 Å². The molecule has 0 saturated heterocycles. The van der Waals surface area contributed by atoms with Gasteiger partial charge in [0.05, 0.1) is 26.1 Å². The number of rotatable bonds is 10. The number of hydrogen-bond acceptors (Lipinski definition) is 8. The van der Waals surface area contributed by atoms with Crippen molar-refractivity contribution in [3.05, 3.63) is 55.6 Å². The quantitative estimate of drug-likeness (QED) is 0.341. The Labute approximate surface area is 149 Å². The van der Waals surface area contributed by atoms with E-state index in [9.17, 15) is 29.8 Å². The summed E-state index contributed by atoms with van der Waals surface area (Å²) in [6.07, 6.45) is -0.328. The van der Waals surface area contributed by atoms with Gasteiger partial charge in [0.2, 0.25) is 0 Å². The fourth-order valence-electron chi connectivity index (χ4n) is 2.22. The molecule has 0 aromatic heterocycles. The molecule has 142 valence electrons. The van der Waals surface area contributed by atoms with Crippen LogP contribution in [-0.4, -0.2) is 47.1 Å². The van der Waals surface area contributed by atoms with E-state index in [-0.39, 0.29) is 26.1 Å². The number of carbonyl (C=O) groups is 2. The van der Waals surface area contributed by atoms with E-state index >= 15 is 0 Å². The summed E-state index contributed by atoms with van der Waals surface area (Å²) in [6.45, 7) is 3.19. The van der Waals surface area contributed by atoms with Crippen molar-refractivity contribution in [2.45, 2.75) is 38.8 Å². The number of nitrogens with zero attached hydrogens (tertiary/aromatic N) is 2. The Balaban J connectivity index is 2.83. The molecule has 0 aliphatic heterocycles. The van der Waals surface area contributed by atoms with Crippen LogP contribution < -0.4 is 0 Å². The number of esters is 2. The zero-order chi connectivity index (χ0) is 19.7. The van der Waals surface area contributed by atoms with Gasteiger partial charge in [-0.1, -0.05) is 24.3 Å². The van der Waals surface area contributed by atoms with E-state index in [0.29, 0.717) is 11.1 Å². The molecule has 1 rings (SSSR count). The molecule has 2 atom stereocenters. The molecule has 0 heterocycles. The maximum absolute atomic E-state index is 11.6. The van der Waals surface area contributed by atoms with E-state index in [1.807, 2.05) is 0 Å². The predicted octanol–water partition coefficient (Wildman–Crippen LogP) is 1.19. The number of benzene rings is 1. The summed E-state index contributed by atoms with van der Waals surface area (Å²) in [5.74, 6) is -1.84. The minimum atomic E-state index is -1.52. The van der Waals surface area contributed by atoms with Gasteiger partial charge in [0.15, 0.2) is 0 Å². The summed E-state index contributed by atoms with van der Waals surface area (Å²) in [5.41, 5.74) is 0.995. The van der Waals surface area contributed by atoms with Gasteiger partial charge in [-0.25, -0.2) is 9.59 Å². The van der Waals surface area contributed by atoms with E-state index in [4.69, 9.17) is 0 Å². The van der Waals surface area contributed by atoms with Gasteiger partial charge >= 0.3 is 24.0 Å². The highest BCUT2D eigenvalue weighted by Gasteiger charge is 2.33. The normalized spacial score (nSPS) is 12.7. The fourth-order valence-corrected chi connectivity index (χ4v) is 2.22. The van der Waals surface area contributed by atoms with Gasteiger partial charge in [0.1, 0.15) is 0 Å². The summed E-state index contributed by atoms with van der Waals surface area (Å²) in [4.78, 5) is 43.9. The smallest absolute Gasteiger partial charge is 0.382 e. The Morgan fingerprint density at radius 1 is 0.846 bits per heavy atom. The van der Waals surface area contributed by atoms with E-state index < -0.39 is 33.9 Å². The topological polar surface area (TPSA) is 139 Å². The van der Waals surface area contributed by atoms with Crippen LogP contribution in [0.2, 0.25) is 0 Å². The average molecular weight is 368 g/mol. The van der Waals surface area contributed by atoms with Crippen molar-refractivity contribution >= 4 is 11.9 Å². The van der Waals surface area contributed by atoms with Gasteiger partial charge < -0.3 is 9.47 Å². The second-order valence-corrected chi connectivity index (χ2v) is 5.33. The van der Waals surface area contributed by atoms with Crippen LogP contribution in [0, 0.1) is 20.2 Å². The standard InChI is InChI=1S/C16H20N2O8/c1-3-25-15(19)13(17(21)22)9-11-5-7-12(8-6-11)10-14(18(23)24)16(20)26-4-2/h5-8,13-14H,3-4,9-10H2,1-2H3. The van der Waals surface area contributed by atoms with E-state index in [1.165, 1.54) is 24.3 Å². The van der Waals surface area contributed by atoms with E-state index in [0.717, 1.165) is 0 Å². The summed E-state index contributed by atoms with van der Waals surface area (Å²) in [5, 5.41) is 22.0. The molecule has 1 aromatic carbocycles. The molecule has 0 radical (unpaired) electrons. The second kappa shape index (κ2) is 10.1. The lowest BCUT2D eigenvalue weighted by atomic mass is 10.0. The van der Waals surface area contributed by atoms with Crippen LogP contribution in [0.25, 0.3) is 0 Å². The van der Waals surface area contributed by atoms with Crippen LogP contribution >= 0.6 is 0 Å². The highest BCUT2D eigenvalue weighted by molar-refractivity contribution is 5.75. The maximum atomic E-state index is 11.6. The first-order chi connectivity index (χ1) is 12.3. The summed E-state index contributed by atoms with van der Waals surface area (Å²) < 4.78 is 9.37. The zero-order valence-electron chi connectivity index (χ0n) is 14.5. The van der Waals surface area contributed by atoms with Gasteiger partial charge in [-0.15, -0.1) is 0 Å². The van der Waals surface area contributed by atoms with E-state index in [1.54, 1.807) is 13.8 Å². The number of nitro groups is 2. The molecule has 0 fully saturated rings. The summed E-state index contributed by atoms with van der Waals surface area (Å²) in [7, 11) is 0. The van der Waals surface area contributed by atoms with Crippen LogP contribution in [0.4, 0.5) is 0 Å². The highest BCUT2D eigenvalue weighted by atomic mass is 16.6. The molecule has 10 nitrogen and oxygen atoms in total. The van der Waals surface area contributed by atoms with Gasteiger partial charge in [-0.3, -0.25) is 20.2 Å². The number of hydrogen-bond donors (Lipinski definition) is 0. The molecule has 26 heavy (non-hydrogen) atoms. The van der Waals surface area contributed by atoms with Crippen molar-refractivity contribution < 1.29 is 28.9 Å². The molecule has 0 aliphatic rings. The van der Waals surface area contributed by atoms with Crippen LogP contribution in [0.1, 0.15) is 25.0 Å². The van der Waals surface area contributed by atoms with Gasteiger partial charge in [-0.05, 0) is 25.0 Å². The minimum Gasteiger partial charge on any atom is -0.461 e. The summed E-state index contributed by atoms with van der Waals surface area (Å²) >= 11 is 0. The lowest BCUT2D eigenvalue weighted by Crippen LogP contribution is -2.34. The van der Waals surface area contributed by atoms with Crippen molar-refractivity contribution in [2.75, 3.05) is 13.2 Å². The van der Waals surface area contributed by atoms with Crippen molar-refractivity contribution in [1.82, 2.24) is 0 Å². The molecule has 0 spiro atoms. The van der Waals surface area contributed by atoms with Crippen molar-refractivity contribution in [3.8, 4) is 0 Å². The SMILES string of the molecule is CCOC(=O)C(Cc1ccc(CC(C(=O)OCC)[N+](=O)[O-])cc1)[N+](=O)[O-]. The Morgan fingerprint density at radius 2 is 1.15 bits per heavy atom. The molecule has 0 bridgehead atoms. The number of ether oxygens (including phenoxy) is 2. The maximum Gasteiger partial charge on any atom is 0.382 e. The lowest BCUT2D eigenvalue weighted by molar-refractivity contribution is -0.510. The first-order valence-corrected chi connectivity index (χ1v) is 7.98.